The number of methoxy groups -OCH3 is 2. The minimum absolute atomic E-state index is 0.493. The smallest absolute Gasteiger partial charge is 0.422 e. The number of alkyl halides is 3. The highest BCUT2D eigenvalue weighted by atomic mass is 19.4. The van der Waals surface area contributed by atoms with Crippen LogP contribution < -0.4 is 9.47 Å². The van der Waals surface area contributed by atoms with E-state index in [0.29, 0.717) is 17.1 Å². The Morgan fingerprint density at radius 3 is 2.15 bits per heavy atom. The zero-order chi connectivity index (χ0) is 15.2. The number of esters is 1. The molecule has 110 valence electrons. The van der Waals surface area contributed by atoms with E-state index in [1.54, 1.807) is 18.2 Å². The lowest BCUT2D eigenvalue weighted by molar-refractivity contribution is -0.182. The molecule has 0 bridgehead atoms. The van der Waals surface area contributed by atoms with Gasteiger partial charge in [-0.05, 0) is 23.8 Å². The number of benzene rings is 1. The van der Waals surface area contributed by atoms with E-state index in [-0.39, 0.29) is 0 Å². The van der Waals surface area contributed by atoms with E-state index in [0.717, 1.165) is 6.08 Å². The Morgan fingerprint density at radius 1 is 1.15 bits per heavy atom. The molecule has 7 heteroatoms. The van der Waals surface area contributed by atoms with Crippen molar-refractivity contribution in [1.82, 2.24) is 0 Å². The van der Waals surface area contributed by atoms with Gasteiger partial charge >= 0.3 is 12.1 Å². The van der Waals surface area contributed by atoms with Crippen LogP contribution >= 0.6 is 0 Å². The molecule has 20 heavy (non-hydrogen) atoms. The van der Waals surface area contributed by atoms with E-state index < -0.39 is 18.8 Å². The molecule has 0 aliphatic rings. The molecule has 0 aromatic heterocycles. The SMILES string of the molecule is COc1cc(/C=C/C(=O)OCC(F)(F)F)cc(OC)c1. The van der Waals surface area contributed by atoms with E-state index in [1.165, 1.54) is 20.3 Å². The van der Waals surface area contributed by atoms with E-state index in [9.17, 15) is 18.0 Å². The van der Waals surface area contributed by atoms with Crippen molar-refractivity contribution < 1.29 is 32.2 Å². The summed E-state index contributed by atoms with van der Waals surface area (Å²) in [4.78, 5) is 11.1. The molecule has 0 atom stereocenters. The van der Waals surface area contributed by atoms with Gasteiger partial charge in [-0.25, -0.2) is 4.79 Å². The third-order valence-electron chi connectivity index (χ3n) is 2.16. The van der Waals surface area contributed by atoms with E-state index >= 15 is 0 Å². The van der Waals surface area contributed by atoms with E-state index in [4.69, 9.17) is 9.47 Å². The van der Waals surface area contributed by atoms with Crippen molar-refractivity contribution in [2.24, 2.45) is 0 Å². The van der Waals surface area contributed by atoms with Crippen molar-refractivity contribution in [3.05, 3.63) is 29.8 Å². The fraction of sp³-hybridized carbons (Fsp3) is 0.308. The second-order valence-corrected chi connectivity index (χ2v) is 3.70. The van der Waals surface area contributed by atoms with Gasteiger partial charge in [0.1, 0.15) is 11.5 Å². The number of hydrogen-bond donors (Lipinski definition) is 0. The topological polar surface area (TPSA) is 44.8 Å². The fourth-order valence-electron chi connectivity index (χ4n) is 1.29. The maximum absolute atomic E-state index is 11.8. The Morgan fingerprint density at radius 2 is 1.70 bits per heavy atom. The maximum atomic E-state index is 11.8. The van der Waals surface area contributed by atoms with Crippen LogP contribution in [0.1, 0.15) is 5.56 Å². The lowest BCUT2D eigenvalue weighted by Crippen LogP contribution is -2.19. The van der Waals surface area contributed by atoms with Gasteiger partial charge in [0.25, 0.3) is 0 Å². The molecular weight excluding hydrogens is 277 g/mol. The predicted octanol–water partition coefficient (Wildman–Crippen LogP) is 2.82. The first-order valence-electron chi connectivity index (χ1n) is 5.48. The number of carbonyl (C=O) groups is 1. The van der Waals surface area contributed by atoms with Gasteiger partial charge in [-0.2, -0.15) is 13.2 Å². The molecule has 0 unspecified atom stereocenters. The van der Waals surface area contributed by atoms with Crippen molar-refractivity contribution >= 4 is 12.0 Å². The number of ether oxygens (including phenoxy) is 3. The Balaban J connectivity index is 2.72. The summed E-state index contributed by atoms with van der Waals surface area (Å²) in [5.74, 6) is -0.0931. The molecule has 0 aliphatic carbocycles. The summed E-state index contributed by atoms with van der Waals surface area (Å²) in [6, 6.07) is 4.81. The predicted molar refractivity (Wildman–Crippen MR) is 65.6 cm³/mol. The average molecular weight is 290 g/mol. The zero-order valence-electron chi connectivity index (χ0n) is 10.9. The van der Waals surface area contributed by atoms with Crippen molar-refractivity contribution in [2.75, 3.05) is 20.8 Å². The average Bonchev–Trinajstić information content (AvgIpc) is 2.41. The number of rotatable bonds is 5. The normalized spacial score (nSPS) is 11.4. The van der Waals surface area contributed by atoms with Gasteiger partial charge in [-0.15, -0.1) is 0 Å². The van der Waals surface area contributed by atoms with Crippen LogP contribution in [0.25, 0.3) is 6.08 Å². The third-order valence-corrected chi connectivity index (χ3v) is 2.16. The quantitative estimate of drug-likeness (QED) is 0.618. The summed E-state index contributed by atoms with van der Waals surface area (Å²) in [6.07, 6.45) is -2.33. The second kappa shape index (κ2) is 6.83. The van der Waals surface area contributed by atoms with Crippen LogP contribution in [-0.4, -0.2) is 33.0 Å². The van der Waals surface area contributed by atoms with Gasteiger partial charge in [0.15, 0.2) is 6.61 Å². The molecule has 0 spiro atoms. The van der Waals surface area contributed by atoms with Gasteiger partial charge < -0.3 is 14.2 Å². The van der Waals surface area contributed by atoms with Crippen molar-refractivity contribution in [1.29, 1.82) is 0 Å². The second-order valence-electron chi connectivity index (χ2n) is 3.70. The van der Waals surface area contributed by atoms with Crippen LogP contribution in [0, 0.1) is 0 Å². The lowest BCUT2D eigenvalue weighted by atomic mass is 10.2. The highest BCUT2D eigenvalue weighted by Gasteiger charge is 2.29. The Labute approximate surface area is 113 Å². The van der Waals surface area contributed by atoms with Crippen LogP contribution in [-0.2, 0) is 9.53 Å². The molecule has 1 aromatic rings. The minimum atomic E-state index is -4.54. The molecule has 0 amide bonds. The molecule has 0 saturated carbocycles. The molecule has 0 saturated heterocycles. The Bertz CT molecular complexity index is 473. The minimum Gasteiger partial charge on any atom is -0.497 e. The monoisotopic (exact) mass is 290 g/mol. The van der Waals surface area contributed by atoms with Crippen LogP contribution in [0.3, 0.4) is 0 Å². The van der Waals surface area contributed by atoms with Crippen molar-refractivity contribution in [3.8, 4) is 11.5 Å². The Hall–Kier alpha value is -2.18. The van der Waals surface area contributed by atoms with Crippen LogP contribution in [0.2, 0.25) is 0 Å². The number of carbonyl (C=O) groups excluding carboxylic acids is 1. The zero-order valence-corrected chi connectivity index (χ0v) is 10.9. The summed E-state index contributed by atoms with van der Waals surface area (Å²) in [6.45, 7) is -1.61. The molecule has 4 nitrogen and oxygen atoms in total. The Kier molecular flexibility index (Phi) is 5.42. The first-order chi connectivity index (χ1) is 9.34. The molecule has 0 radical (unpaired) electrons. The molecule has 1 rings (SSSR count). The van der Waals surface area contributed by atoms with Gasteiger partial charge in [0.2, 0.25) is 0 Å². The molecule has 0 heterocycles. The van der Waals surface area contributed by atoms with Crippen LogP contribution in [0.5, 0.6) is 11.5 Å². The fourth-order valence-corrected chi connectivity index (χ4v) is 1.29. The third kappa shape index (κ3) is 5.64. The van der Waals surface area contributed by atoms with E-state index in [1.807, 2.05) is 0 Å². The largest absolute Gasteiger partial charge is 0.497 e. The standard InChI is InChI=1S/C13H13F3O4/c1-18-10-5-9(6-11(7-10)19-2)3-4-12(17)20-8-13(14,15)16/h3-7H,8H2,1-2H3/b4-3+. The van der Waals surface area contributed by atoms with Gasteiger partial charge in [0.05, 0.1) is 14.2 Å². The van der Waals surface area contributed by atoms with Gasteiger partial charge in [-0.1, -0.05) is 0 Å². The number of hydrogen-bond acceptors (Lipinski definition) is 4. The van der Waals surface area contributed by atoms with Crippen LogP contribution in [0.4, 0.5) is 13.2 Å². The highest BCUT2D eigenvalue weighted by Crippen LogP contribution is 2.23. The molecule has 0 fully saturated rings. The maximum Gasteiger partial charge on any atom is 0.422 e. The highest BCUT2D eigenvalue weighted by molar-refractivity contribution is 5.87. The molecular formula is C13H13F3O4. The summed E-state index contributed by atoms with van der Waals surface area (Å²) >= 11 is 0. The van der Waals surface area contributed by atoms with Crippen molar-refractivity contribution in [2.45, 2.75) is 6.18 Å². The van der Waals surface area contributed by atoms with Crippen molar-refractivity contribution in [3.63, 3.8) is 0 Å². The summed E-state index contributed by atoms with van der Waals surface area (Å²) in [5, 5.41) is 0. The molecule has 0 N–H and O–H groups in total. The van der Waals surface area contributed by atoms with E-state index in [2.05, 4.69) is 4.74 Å². The molecule has 1 aromatic carbocycles. The van der Waals surface area contributed by atoms with Crippen LogP contribution in [0.15, 0.2) is 24.3 Å². The van der Waals surface area contributed by atoms with Gasteiger partial charge in [0, 0.05) is 12.1 Å². The lowest BCUT2D eigenvalue weighted by Gasteiger charge is -2.06. The summed E-state index contributed by atoms with van der Waals surface area (Å²) < 4.78 is 49.6. The molecule has 0 aliphatic heterocycles. The van der Waals surface area contributed by atoms with Gasteiger partial charge in [-0.3, -0.25) is 0 Å². The summed E-state index contributed by atoms with van der Waals surface area (Å²) in [7, 11) is 2.92. The first kappa shape index (κ1) is 15.9. The first-order valence-corrected chi connectivity index (χ1v) is 5.48. The summed E-state index contributed by atoms with van der Waals surface area (Å²) in [5.41, 5.74) is 0.533. The number of halogens is 3.